The van der Waals surface area contributed by atoms with Crippen LogP contribution in [0, 0.1) is 17.8 Å². The van der Waals surface area contributed by atoms with Crippen molar-refractivity contribution in [1.29, 1.82) is 0 Å². The van der Waals surface area contributed by atoms with E-state index in [9.17, 15) is 27.9 Å². The Bertz CT molecular complexity index is 908. The second kappa shape index (κ2) is 6.57. The lowest BCUT2D eigenvalue weighted by Gasteiger charge is -2.14. The van der Waals surface area contributed by atoms with Crippen LogP contribution >= 0.6 is 0 Å². The summed E-state index contributed by atoms with van der Waals surface area (Å²) in [5, 5.41) is 16.9. The van der Waals surface area contributed by atoms with E-state index in [2.05, 4.69) is 15.3 Å². The van der Waals surface area contributed by atoms with Gasteiger partial charge >= 0.3 is 12.1 Å². The van der Waals surface area contributed by atoms with Crippen molar-refractivity contribution in [2.45, 2.75) is 19.0 Å². The first-order valence-corrected chi connectivity index (χ1v) is 8.72. The third-order valence-electron chi connectivity index (χ3n) is 5.22. The number of amides is 1. The molecule has 148 valence electrons. The minimum Gasteiger partial charge on any atom is -0.481 e. The Kier molecular flexibility index (Phi) is 4.31. The van der Waals surface area contributed by atoms with Gasteiger partial charge in [-0.15, -0.1) is 5.10 Å². The zero-order valence-electron chi connectivity index (χ0n) is 14.5. The molecular weight excluding hydrogens is 379 g/mol. The van der Waals surface area contributed by atoms with Gasteiger partial charge in [-0.25, -0.2) is 9.67 Å². The summed E-state index contributed by atoms with van der Waals surface area (Å²) < 4.78 is 39.0. The van der Waals surface area contributed by atoms with Gasteiger partial charge in [-0.2, -0.15) is 13.2 Å². The number of nitrogens with zero attached hydrogens (tertiary/aromatic N) is 5. The quantitative estimate of drug-likeness (QED) is 0.848. The van der Waals surface area contributed by atoms with Crippen LogP contribution in [0.5, 0.6) is 0 Å². The third-order valence-corrected chi connectivity index (χ3v) is 5.22. The molecule has 1 amide bonds. The van der Waals surface area contributed by atoms with Gasteiger partial charge in [-0.1, -0.05) is 5.21 Å². The predicted molar refractivity (Wildman–Crippen MR) is 87.4 cm³/mol. The van der Waals surface area contributed by atoms with Crippen molar-refractivity contribution in [3.05, 3.63) is 35.8 Å². The Morgan fingerprint density at radius 3 is 2.50 bits per heavy atom. The topological polar surface area (TPSA) is 101 Å². The number of carboxylic acids is 1. The highest BCUT2D eigenvalue weighted by Crippen LogP contribution is 2.44. The molecule has 2 aromatic heterocycles. The highest BCUT2D eigenvalue weighted by atomic mass is 19.4. The fraction of sp³-hybridized carbons (Fsp3) is 0.471. The number of rotatable bonds is 4. The van der Waals surface area contributed by atoms with E-state index in [4.69, 9.17) is 0 Å². The number of hydrogen-bond acceptors (Lipinski definition) is 5. The number of alkyl halides is 3. The van der Waals surface area contributed by atoms with Crippen LogP contribution in [0.3, 0.4) is 0 Å². The molecule has 2 fully saturated rings. The van der Waals surface area contributed by atoms with Crippen molar-refractivity contribution < 1.29 is 27.9 Å². The van der Waals surface area contributed by atoms with Gasteiger partial charge in [-0.05, 0) is 36.8 Å². The molecule has 8 nitrogen and oxygen atoms in total. The lowest BCUT2D eigenvalue weighted by Crippen LogP contribution is -2.30. The number of halogens is 3. The summed E-state index contributed by atoms with van der Waals surface area (Å²) in [5.74, 6) is -1.60. The number of carbonyl (C=O) groups excluding carboxylic acids is 1. The maximum absolute atomic E-state index is 12.7. The standard InChI is InChI=1S/C17H16F3N5O3/c18-17(19,20)10-3-4-14(21-5-10)25-8-13(22-23-25)15(26)24-6-11(9-1-2-9)12(7-24)16(27)28/h3-5,8-9,11-12H,1-2,6-7H2,(H,27,28)/t11-,12+/m1/s1. The van der Waals surface area contributed by atoms with Crippen molar-refractivity contribution in [3.8, 4) is 5.82 Å². The van der Waals surface area contributed by atoms with Crippen LogP contribution in [-0.2, 0) is 11.0 Å². The number of likely N-dealkylation sites (tertiary alicyclic amines) is 1. The molecule has 3 heterocycles. The molecule has 0 aromatic carbocycles. The van der Waals surface area contributed by atoms with Crippen LogP contribution in [0.25, 0.3) is 5.82 Å². The van der Waals surface area contributed by atoms with Gasteiger partial charge < -0.3 is 10.0 Å². The normalized spacial score (nSPS) is 22.5. The van der Waals surface area contributed by atoms with Crippen LogP contribution < -0.4 is 0 Å². The van der Waals surface area contributed by atoms with Gasteiger partial charge in [-0.3, -0.25) is 9.59 Å². The van der Waals surface area contributed by atoms with E-state index in [1.54, 1.807) is 0 Å². The van der Waals surface area contributed by atoms with E-state index in [0.29, 0.717) is 18.7 Å². The molecule has 0 unspecified atom stereocenters. The fourth-order valence-corrected chi connectivity index (χ4v) is 3.58. The summed E-state index contributed by atoms with van der Waals surface area (Å²) >= 11 is 0. The first kappa shape index (κ1) is 18.4. The molecule has 0 spiro atoms. The molecule has 1 saturated heterocycles. The Hall–Kier alpha value is -2.98. The predicted octanol–water partition coefficient (Wildman–Crippen LogP) is 1.86. The minimum atomic E-state index is -4.50. The first-order chi connectivity index (χ1) is 13.2. The first-order valence-electron chi connectivity index (χ1n) is 8.72. The van der Waals surface area contributed by atoms with Crippen molar-refractivity contribution in [2.75, 3.05) is 13.1 Å². The number of carbonyl (C=O) groups is 2. The largest absolute Gasteiger partial charge is 0.481 e. The van der Waals surface area contributed by atoms with E-state index < -0.39 is 29.5 Å². The molecule has 28 heavy (non-hydrogen) atoms. The van der Waals surface area contributed by atoms with Crippen LogP contribution in [-0.4, -0.2) is 55.0 Å². The van der Waals surface area contributed by atoms with Gasteiger partial charge in [0.15, 0.2) is 11.5 Å². The van der Waals surface area contributed by atoms with Gasteiger partial charge in [0.25, 0.3) is 5.91 Å². The molecule has 2 aliphatic rings. The molecule has 1 aliphatic carbocycles. The summed E-state index contributed by atoms with van der Waals surface area (Å²) in [6, 6.07) is 1.99. The average molecular weight is 395 g/mol. The third kappa shape index (κ3) is 3.43. The van der Waals surface area contributed by atoms with Gasteiger partial charge in [0, 0.05) is 19.3 Å². The summed E-state index contributed by atoms with van der Waals surface area (Å²) in [4.78, 5) is 29.3. The van der Waals surface area contributed by atoms with E-state index >= 15 is 0 Å². The number of pyridine rings is 1. The number of aromatic nitrogens is 4. The summed E-state index contributed by atoms with van der Waals surface area (Å²) in [5.41, 5.74) is -0.905. The fourth-order valence-electron chi connectivity index (χ4n) is 3.58. The van der Waals surface area contributed by atoms with Crippen LogP contribution in [0.4, 0.5) is 13.2 Å². The molecule has 1 N–H and O–H groups in total. The molecule has 1 saturated carbocycles. The van der Waals surface area contributed by atoms with Crippen LogP contribution in [0.1, 0.15) is 28.9 Å². The van der Waals surface area contributed by atoms with Crippen LogP contribution in [0.2, 0.25) is 0 Å². The number of aliphatic carboxylic acids is 1. The molecule has 11 heteroatoms. The van der Waals surface area contributed by atoms with E-state index in [0.717, 1.165) is 29.7 Å². The van der Waals surface area contributed by atoms with E-state index in [1.807, 2.05) is 0 Å². The number of carboxylic acid groups (broad SMARTS) is 1. The zero-order valence-corrected chi connectivity index (χ0v) is 14.5. The zero-order chi connectivity index (χ0) is 20.1. The molecular formula is C17H16F3N5O3. The SMILES string of the molecule is O=C(O)[C@H]1CN(C(=O)c2cn(-c3ccc(C(F)(F)F)cn3)nn2)C[C@@H]1C1CC1. The van der Waals surface area contributed by atoms with Crippen molar-refractivity contribution in [2.24, 2.45) is 17.8 Å². The Balaban J connectivity index is 1.49. The Morgan fingerprint density at radius 1 is 1.18 bits per heavy atom. The van der Waals surface area contributed by atoms with Crippen molar-refractivity contribution in [1.82, 2.24) is 24.9 Å². The lowest BCUT2D eigenvalue weighted by atomic mass is 9.92. The Labute approximate surface area is 157 Å². The van der Waals surface area contributed by atoms with Gasteiger partial charge in [0.2, 0.25) is 0 Å². The molecule has 0 bridgehead atoms. The monoisotopic (exact) mass is 395 g/mol. The summed E-state index contributed by atoms with van der Waals surface area (Å²) in [6.07, 6.45) is -0.586. The molecule has 1 aliphatic heterocycles. The second-order valence-electron chi connectivity index (χ2n) is 7.11. The Morgan fingerprint density at radius 2 is 1.93 bits per heavy atom. The molecule has 4 rings (SSSR count). The maximum atomic E-state index is 12.7. The summed E-state index contributed by atoms with van der Waals surface area (Å²) in [7, 11) is 0. The van der Waals surface area contributed by atoms with E-state index in [-0.39, 0.29) is 24.0 Å². The summed E-state index contributed by atoms with van der Waals surface area (Å²) in [6.45, 7) is 0.465. The lowest BCUT2D eigenvalue weighted by molar-refractivity contribution is -0.142. The molecule has 0 radical (unpaired) electrons. The minimum absolute atomic E-state index is 0.0118. The van der Waals surface area contributed by atoms with Crippen molar-refractivity contribution >= 4 is 11.9 Å². The van der Waals surface area contributed by atoms with E-state index in [1.165, 1.54) is 11.1 Å². The second-order valence-corrected chi connectivity index (χ2v) is 7.11. The maximum Gasteiger partial charge on any atom is 0.417 e. The number of hydrogen-bond donors (Lipinski definition) is 1. The van der Waals surface area contributed by atoms with Gasteiger partial charge in [0.1, 0.15) is 0 Å². The highest BCUT2D eigenvalue weighted by molar-refractivity contribution is 5.92. The van der Waals surface area contributed by atoms with Crippen LogP contribution in [0.15, 0.2) is 24.5 Å². The molecule has 2 atom stereocenters. The smallest absolute Gasteiger partial charge is 0.417 e. The van der Waals surface area contributed by atoms with Gasteiger partial charge in [0.05, 0.1) is 17.7 Å². The molecule has 2 aromatic rings. The highest BCUT2D eigenvalue weighted by Gasteiger charge is 2.47. The van der Waals surface area contributed by atoms with Crippen molar-refractivity contribution in [3.63, 3.8) is 0 Å². The average Bonchev–Trinajstić information content (AvgIpc) is 3.20.